The maximum absolute atomic E-state index is 11.3. The van der Waals surface area contributed by atoms with Crippen molar-refractivity contribution in [3.8, 4) is 46.0 Å². The van der Waals surface area contributed by atoms with Crippen molar-refractivity contribution in [3.05, 3.63) is 242 Å². The normalized spacial score (nSPS) is 20.8. The van der Waals surface area contributed by atoms with Crippen molar-refractivity contribution in [2.45, 2.75) is 0 Å². The number of fused-ring (bicyclic) bond motifs is 14. The van der Waals surface area contributed by atoms with E-state index in [1.807, 2.05) is 0 Å². The fourth-order valence-electron chi connectivity index (χ4n) is 10.9. The van der Waals surface area contributed by atoms with Crippen molar-refractivity contribution >= 4 is 120 Å². The molecule has 6 aliphatic rings. The lowest BCUT2D eigenvalue weighted by molar-refractivity contribution is 0.466. The maximum atomic E-state index is 11.3. The molecule has 0 radical (unpaired) electrons. The molecule has 0 fully saturated rings. The van der Waals surface area contributed by atoms with Gasteiger partial charge < -0.3 is 33.6 Å². The quantitative estimate of drug-likeness (QED) is 0.159. The fraction of sp³-hybridized carbons (Fsp3) is 0. The highest BCUT2D eigenvalue weighted by molar-refractivity contribution is 7.05. The minimum atomic E-state index is -2.43. The highest BCUT2D eigenvalue weighted by Gasteiger charge is 2.53. The summed E-state index contributed by atoms with van der Waals surface area (Å²) in [5.74, 6) is -5.89. The molecule has 0 unspecified atom stereocenters. The summed E-state index contributed by atoms with van der Waals surface area (Å²) in [7, 11) is 0. The van der Waals surface area contributed by atoms with Crippen molar-refractivity contribution in [3.63, 3.8) is 0 Å². The first-order valence-electron chi connectivity index (χ1n) is 41.9. The van der Waals surface area contributed by atoms with E-state index in [-0.39, 0.29) is 0 Å². The minimum Gasteiger partial charge on any atom is -0.459 e. The molecule has 352 valence electrons. The number of nitrogens with zero attached hydrogens (tertiary/aromatic N) is 3. The Morgan fingerprint density at radius 1 is 0.303 bits per heavy atom. The van der Waals surface area contributed by atoms with Gasteiger partial charge in [0.1, 0.15) is 46.0 Å². The zero-order valence-electron chi connectivity index (χ0n) is 75.9. The zero-order chi connectivity index (χ0) is 82.7. The molecule has 0 saturated heterocycles. The maximum Gasteiger partial charge on any atom is 0.261 e. The summed E-state index contributed by atoms with van der Waals surface area (Å²) in [6.45, 7) is -6.31. The van der Waals surface area contributed by atoms with E-state index in [9.17, 15) is 30.2 Å². The van der Waals surface area contributed by atoms with Crippen LogP contribution in [0.25, 0.3) is 0 Å². The predicted octanol–water partition coefficient (Wildman–Crippen LogP) is 10.7. The molecule has 0 aromatic heterocycles. The monoisotopic (exact) mass is 1010 g/mol. The molecule has 0 atom stereocenters. The van der Waals surface area contributed by atoms with Gasteiger partial charge in [-0.25, -0.2) is 0 Å². The summed E-state index contributed by atoms with van der Waals surface area (Å²) in [5.41, 5.74) is -15.4. The molecule has 11 aromatic rings. The lowest BCUT2D eigenvalue weighted by Gasteiger charge is -2.47. The molecule has 17 rings (SSSR count). The second-order valence-electron chi connectivity index (χ2n) is 17.4. The summed E-state index contributed by atoms with van der Waals surface area (Å²) in [4.78, 5) is 1.50. The molecule has 0 spiro atoms. The number of ether oxygens (including phenoxy) is 4. The van der Waals surface area contributed by atoms with E-state index in [1.54, 1.807) is 0 Å². The van der Waals surface area contributed by atoms with Crippen LogP contribution in [0.5, 0.6) is 46.0 Å². The van der Waals surface area contributed by atoms with Gasteiger partial charge in [-0.3, -0.25) is 0 Å². The molecule has 7 nitrogen and oxygen atoms in total. The van der Waals surface area contributed by atoms with Gasteiger partial charge in [-0.1, -0.05) is 145 Å². The van der Waals surface area contributed by atoms with Gasteiger partial charge in [0.25, 0.3) is 20.1 Å². The SMILES string of the molecule is [2H]c1cc2c(c([2H])c1[2H])B1c3c([2H])c([2H])c([2H])c([2H])c3Oc3c([2H])c4c(c(c31)O2)B1c2c3c5c(c([2H])c2N(c2c([2H])c([2H])c([2H])c([2H])c2[2H])c2c([2H])c(N(c6c([2H])c([2H])c([2H])c([2H])c6[2H])c6c([2H])c([2H])c([2H])c([2H])c6[2H])c([2H])c(c21)N4c1c([2H])c([2H])c([2H])c([2H])c1[2H])Oc1c([2H])c([2H])c([2H])c([2H])c1B5c1c(cc([2H])c([2H])c1[2H])O3. The first-order valence-corrected chi connectivity index (χ1v) is 22.9. The van der Waals surface area contributed by atoms with Crippen LogP contribution in [0.4, 0.5) is 51.2 Å². The average molecular weight is 1010 g/mol. The summed E-state index contributed by atoms with van der Waals surface area (Å²) in [5, 5.41) is 0. The van der Waals surface area contributed by atoms with Crippen LogP contribution >= 0.6 is 0 Å². The zero-order valence-corrected chi connectivity index (χ0v) is 37.9. The number of benzene rings is 11. The van der Waals surface area contributed by atoms with Crippen LogP contribution in [-0.2, 0) is 0 Å². The Balaban J connectivity index is 1.20. The molecule has 10 heteroatoms. The van der Waals surface area contributed by atoms with E-state index in [1.165, 1.54) is 0 Å². The van der Waals surface area contributed by atoms with Crippen LogP contribution in [0, 0.1) is 0 Å². The standard InChI is InChI=1S/C66H40B3N3O4/c1-5-21-41(22-6-1)70(42-23-7-2-8-24-42)45-37-50-60-51(38-45)72(44-27-11-4-12-28-44)53-40-59-64-66(76-57-36-20-16-32-49(57)68(64)47-30-14-18-34-55(47)74-59)62(53)69(60)61-52(71(50)43-25-9-3-10-26-43)39-58-63-65(61)75-56-35-19-15-31-48(56)67(63)46-29-13-17-33-54(46)73-58/h1-40H/i1D,2D,3D,4D,5D,6D,7D,8D,9D,10D,11D,12D,13D,14D,15D,16D,17D,18D,19D,20D,21D,22D,23D,24D,25D,26D,27D,28D,29D,30D,31D,32D,33D,34D,37D,38D,39D,40D. The third-order valence-electron chi connectivity index (χ3n) is 13.7. The summed E-state index contributed by atoms with van der Waals surface area (Å²) >= 11 is 0. The molecule has 11 aromatic carbocycles. The van der Waals surface area contributed by atoms with Crippen LogP contribution in [0.1, 0.15) is 52.1 Å². The van der Waals surface area contributed by atoms with Crippen LogP contribution in [0.15, 0.2) is 242 Å². The Kier molecular flexibility index (Phi) is 4.07. The van der Waals surface area contributed by atoms with Gasteiger partial charge in [0.05, 0.1) is 57.8 Å². The summed E-state index contributed by atoms with van der Waals surface area (Å²) in [6.07, 6.45) is 0. The second-order valence-corrected chi connectivity index (χ2v) is 17.4. The third-order valence-corrected chi connectivity index (χ3v) is 13.7. The highest BCUT2D eigenvalue weighted by atomic mass is 16.5. The molecule has 6 heterocycles. The Morgan fingerprint density at radius 2 is 0.671 bits per heavy atom. The van der Waals surface area contributed by atoms with Crippen molar-refractivity contribution in [2.24, 2.45) is 0 Å². The molecule has 0 saturated carbocycles. The van der Waals surface area contributed by atoms with E-state index in [2.05, 4.69) is 0 Å². The van der Waals surface area contributed by atoms with Crippen molar-refractivity contribution < 1.29 is 71.0 Å². The lowest BCUT2D eigenvalue weighted by Crippen LogP contribution is -2.66. The largest absolute Gasteiger partial charge is 0.459 e. The Morgan fingerprint density at radius 3 is 1.12 bits per heavy atom. The van der Waals surface area contributed by atoms with Crippen LogP contribution < -0.4 is 82.8 Å². The van der Waals surface area contributed by atoms with Gasteiger partial charge in [0, 0.05) is 68.5 Å². The highest BCUT2D eigenvalue weighted by Crippen LogP contribution is 2.52. The molecular weight excluding hydrogens is 931 g/mol. The Bertz CT molecular complexity index is 6070. The predicted molar refractivity (Wildman–Crippen MR) is 311 cm³/mol. The first-order chi connectivity index (χ1) is 53.5. The van der Waals surface area contributed by atoms with Crippen LogP contribution in [-0.4, -0.2) is 20.1 Å². The van der Waals surface area contributed by atoms with E-state index in [4.69, 9.17) is 40.9 Å². The number of para-hydroxylation sites is 8. The first kappa shape index (κ1) is 19.5. The van der Waals surface area contributed by atoms with Gasteiger partial charge in [0.15, 0.2) is 0 Å². The molecule has 0 bridgehead atoms. The Labute approximate surface area is 494 Å². The fourth-order valence-corrected chi connectivity index (χ4v) is 10.9. The molecule has 0 aliphatic carbocycles. The van der Waals surface area contributed by atoms with Crippen molar-refractivity contribution in [2.75, 3.05) is 14.7 Å². The minimum absolute atomic E-state index is 0.295. The molecule has 6 aliphatic heterocycles. The average Bonchev–Trinajstić information content (AvgIpc) is 0.654. The van der Waals surface area contributed by atoms with Gasteiger partial charge in [0.2, 0.25) is 0 Å². The Hall–Kier alpha value is -9.79. The molecule has 0 amide bonds. The number of anilines is 9. The van der Waals surface area contributed by atoms with Crippen LogP contribution in [0.3, 0.4) is 0 Å². The van der Waals surface area contributed by atoms with Gasteiger partial charge in [-0.2, -0.15) is 0 Å². The van der Waals surface area contributed by atoms with Crippen molar-refractivity contribution in [1.29, 1.82) is 0 Å². The molecule has 76 heavy (non-hydrogen) atoms. The number of hydrogen-bond acceptors (Lipinski definition) is 7. The van der Waals surface area contributed by atoms with Crippen molar-refractivity contribution in [1.82, 2.24) is 0 Å². The third kappa shape index (κ3) is 5.81. The van der Waals surface area contributed by atoms with Gasteiger partial charge in [-0.15, -0.1) is 0 Å². The van der Waals surface area contributed by atoms with Crippen LogP contribution in [0.2, 0.25) is 0 Å². The van der Waals surface area contributed by atoms with Gasteiger partial charge in [-0.05, 0) is 123 Å². The topological polar surface area (TPSA) is 46.6 Å². The smallest absolute Gasteiger partial charge is 0.261 e. The van der Waals surface area contributed by atoms with E-state index >= 15 is 0 Å². The molecular formula is C66H40B3N3O4. The second kappa shape index (κ2) is 15.9. The number of hydrogen-bond donors (Lipinski definition) is 0. The summed E-state index contributed by atoms with van der Waals surface area (Å²) < 4.78 is 391. The van der Waals surface area contributed by atoms with E-state index in [0.29, 0.717) is 14.7 Å². The molecule has 0 N–H and O–H groups in total. The number of rotatable bonds is 5. The van der Waals surface area contributed by atoms with Gasteiger partial charge >= 0.3 is 0 Å². The van der Waals surface area contributed by atoms with E-state index in [0.717, 1.165) is 12.1 Å². The van der Waals surface area contributed by atoms with E-state index < -0.39 is 396 Å². The summed E-state index contributed by atoms with van der Waals surface area (Å²) in [6, 6.07) is -39.7. The lowest BCUT2D eigenvalue weighted by atomic mass is 9.29.